The van der Waals surface area contributed by atoms with Gasteiger partial charge in [0.1, 0.15) is 6.17 Å². The Labute approximate surface area is 254 Å². The molecule has 0 aromatic rings. The fraction of sp³-hybridized carbons (Fsp3) is 0.947. The Kier molecular flexibility index (Phi) is 27.9. The van der Waals surface area contributed by atoms with Crippen LogP contribution in [0.25, 0.3) is 0 Å². The van der Waals surface area contributed by atoms with Crippen LogP contribution in [0.2, 0.25) is 0 Å². The van der Waals surface area contributed by atoms with Gasteiger partial charge in [-0.3, -0.25) is 0 Å². The number of hydrogen-bond donors (Lipinski definition) is 0. The molecule has 0 amide bonds. The van der Waals surface area contributed by atoms with E-state index in [-0.39, 0.29) is 0 Å². The first-order valence-corrected chi connectivity index (χ1v) is 19.0. The molecule has 0 aromatic heterocycles. The fourth-order valence-corrected chi connectivity index (χ4v) is 6.54. The molecule has 0 saturated carbocycles. The highest BCUT2D eigenvalue weighted by atomic mass is 15.4. The lowest BCUT2D eigenvalue weighted by Crippen LogP contribution is -2.39. The van der Waals surface area contributed by atoms with Crippen LogP contribution in [0, 0.1) is 0 Å². The van der Waals surface area contributed by atoms with E-state index >= 15 is 0 Å². The van der Waals surface area contributed by atoms with Crippen molar-refractivity contribution in [1.82, 2.24) is 9.80 Å². The Bertz CT molecular complexity index is 516. The normalized spacial score (nSPS) is 15.1. The third kappa shape index (κ3) is 22.0. The first-order chi connectivity index (χ1) is 19.8. The highest BCUT2D eigenvalue weighted by Crippen LogP contribution is 2.24. The Balaban J connectivity index is 2.18. The maximum absolute atomic E-state index is 2.71. The Morgan fingerprint density at radius 2 is 0.575 bits per heavy atom. The topological polar surface area (TPSA) is 6.48 Å². The van der Waals surface area contributed by atoms with Crippen molar-refractivity contribution < 1.29 is 0 Å². The largest absolute Gasteiger partial charge is 0.356 e. The summed E-state index contributed by atoms with van der Waals surface area (Å²) in [5, 5.41) is 0. The number of hydrogen-bond acceptors (Lipinski definition) is 2. The van der Waals surface area contributed by atoms with Crippen LogP contribution in [0.15, 0.2) is 12.4 Å². The minimum absolute atomic E-state index is 0.641. The van der Waals surface area contributed by atoms with Gasteiger partial charge in [-0.25, -0.2) is 0 Å². The third-order valence-electron chi connectivity index (χ3n) is 9.32. The van der Waals surface area contributed by atoms with Gasteiger partial charge >= 0.3 is 0 Å². The van der Waals surface area contributed by atoms with Crippen molar-refractivity contribution in [3.05, 3.63) is 12.4 Å². The second-order valence-corrected chi connectivity index (χ2v) is 13.2. The van der Waals surface area contributed by atoms with Gasteiger partial charge < -0.3 is 9.80 Å². The smallest absolute Gasteiger partial charge is 0.101 e. The molecular weight excluding hydrogens is 484 g/mol. The van der Waals surface area contributed by atoms with Crippen LogP contribution in [0.1, 0.15) is 213 Å². The van der Waals surface area contributed by atoms with Crippen molar-refractivity contribution in [3.63, 3.8) is 0 Å². The van der Waals surface area contributed by atoms with Crippen molar-refractivity contribution in [2.45, 2.75) is 220 Å². The highest BCUT2D eigenvalue weighted by Gasteiger charge is 2.24. The summed E-state index contributed by atoms with van der Waals surface area (Å²) < 4.78 is 0. The molecule has 2 nitrogen and oxygen atoms in total. The van der Waals surface area contributed by atoms with E-state index in [1.807, 2.05) is 0 Å². The fourth-order valence-electron chi connectivity index (χ4n) is 6.54. The molecule has 40 heavy (non-hydrogen) atoms. The van der Waals surface area contributed by atoms with E-state index in [0.29, 0.717) is 6.17 Å². The lowest BCUT2D eigenvalue weighted by Gasteiger charge is -2.33. The monoisotopic (exact) mass is 561 g/mol. The predicted octanol–water partition coefficient (Wildman–Crippen LogP) is 13.2. The molecule has 0 fully saturated rings. The van der Waals surface area contributed by atoms with Crippen LogP contribution in [-0.2, 0) is 0 Å². The molecule has 1 aliphatic heterocycles. The average Bonchev–Trinajstić information content (AvgIpc) is 3.35. The van der Waals surface area contributed by atoms with Crippen LogP contribution in [0.3, 0.4) is 0 Å². The molecular formula is C38H76N2. The lowest BCUT2D eigenvalue weighted by atomic mass is 10.0. The molecule has 0 aromatic carbocycles. The zero-order valence-corrected chi connectivity index (χ0v) is 28.3. The second-order valence-electron chi connectivity index (χ2n) is 13.2. The summed E-state index contributed by atoms with van der Waals surface area (Å²) in [6, 6.07) is 0. The van der Waals surface area contributed by atoms with Gasteiger partial charge in [0.2, 0.25) is 0 Å². The van der Waals surface area contributed by atoms with E-state index < -0.39 is 0 Å². The standard InChI is InChI=1S/C38H76N2/c1-4-7-10-13-16-18-19-20-21-22-23-26-29-32-35-40-37-36-39(34-31-28-25-15-12-9-6-3)38(40)33-30-27-24-17-14-11-8-5-2/h36-38H,4-35H2,1-3H3. The Hall–Kier alpha value is -0.660. The molecule has 0 N–H and O–H groups in total. The van der Waals surface area contributed by atoms with Crippen molar-refractivity contribution >= 4 is 0 Å². The molecule has 0 bridgehead atoms. The van der Waals surface area contributed by atoms with Crippen molar-refractivity contribution in [1.29, 1.82) is 0 Å². The van der Waals surface area contributed by atoms with Gasteiger partial charge in [-0.2, -0.15) is 0 Å². The molecule has 2 heteroatoms. The zero-order valence-electron chi connectivity index (χ0n) is 28.3. The van der Waals surface area contributed by atoms with Gasteiger partial charge in [0.25, 0.3) is 0 Å². The summed E-state index contributed by atoms with van der Waals surface area (Å²) in [7, 11) is 0. The van der Waals surface area contributed by atoms with E-state index in [1.165, 1.54) is 206 Å². The Morgan fingerprint density at radius 1 is 0.325 bits per heavy atom. The molecule has 1 heterocycles. The van der Waals surface area contributed by atoms with Crippen LogP contribution < -0.4 is 0 Å². The minimum Gasteiger partial charge on any atom is -0.356 e. The minimum atomic E-state index is 0.641. The molecule has 238 valence electrons. The summed E-state index contributed by atoms with van der Waals surface area (Å²) in [6.07, 6.45) is 48.4. The molecule has 0 aliphatic carbocycles. The van der Waals surface area contributed by atoms with Gasteiger partial charge in [-0.05, 0) is 25.7 Å². The molecule has 1 atom stereocenters. The number of unbranched alkanes of at least 4 members (excludes halogenated alkanes) is 26. The average molecular weight is 561 g/mol. The van der Waals surface area contributed by atoms with Gasteiger partial charge in [-0.15, -0.1) is 0 Å². The van der Waals surface area contributed by atoms with Crippen molar-refractivity contribution in [2.24, 2.45) is 0 Å². The van der Waals surface area contributed by atoms with Crippen LogP contribution in [-0.4, -0.2) is 29.1 Å². The molecule has 0 saturated heterocycles. The molecule has 0 radical (unpaired) electrons. The van der Waals surface area contributed by atoms with Crippen molar-refractivity contribution in [3.8, 4) is 0 Å². The molecule has 1 aliphatic rings. The maximum atomic E-state index is 2.71. The molecule has 1 rings (SSSR count). The lowest BCUT2D eigenvalue weighted by molar-refractivity contribution is 0.135. The van der Waals surface area contributed by atoms with Gasteiger partial charge in [-0.1, -0.05) is 188 Å². The van der Waals surface area contributed by atoms with Crippen LogP contribution >= 0.6 is 0 Å². The quantitative estimate of drug-likeness (QED) is 0.0755. The first-order valence-electron chi connectivity index (χ1n) is 19.0. The number of rotatable bonds is 32. The zero-order chi connectivity index (χ0) is 28.8. The van der Waals surface area contributed by atoms with E-state index in [0.717, 1.165) is 0 Å². The van der Waals surface area contributed by atoms with E-state index in [9.17, 15) is 0 Å². The molecule has 0 spiro atoms. The van der Waals surface area contributed by atoms with Gasteiger partial charge in [0, 0.05) is 25.5 Å². The first kappa shape index (κ1) is 37.4. The number of nitrogens with zero attached hydrogens (tertiary/aromatic N) is 2. The van der Waals surface area contributed by atoms with Gasteiger partial charge in [0.05, 0.1) is 0 Å². The third-order valence-corrected chi connectivity index (χ3v) is 9.32. The summed E-state index contributed by atoms with van der Waals surface area (Å²) in [4.78, 5) is 5.42. The van der Waals surface area contributed by atoms with E-state index in [1.54, 1.807) is 0 Å². The van der Waals surface area contributed by atoms with Crippen LogP contribution in [0.4, 0.5) is 0 Å². The summed E-state index contributed by atoms with van der Waals surface area (Å²) >= 11 is 0. The highest BCUT2D eigenvalue weighted by molar-refractivity contribution is 4.97. The summed E-state index contributed by atoms with van der Waals surface area (Å²) in [6.45, 7) is 9.48. The summed E-state index contributed by atoms with van der Waals surface area (Å²) in [5.74, 6) is 0. The Morgan fingerprint density at radius 3 is 0.875 bits per heavy atom. The van der Waals surface area contributed by atoms with Gasteiger partial charge in [0.15, 0.2) is 0 Å². The summed E-state index contributed by atoms with van der Waals surface area (Å²) in [5.41, 5.74) is 0. The second kappa shape index (κ2) is 29.8. The maximum Gasteiger partial charge on any atom is 0.101 e. The molecule has 1 unspecified atom stereocenters. The van der Waals surface area contributed by atoms with E-state index in [2.05, 4.69) is 43.0 Å². The van der Waals surface area contributed by atoms with Crippen LogP contribution in [0.5, 0.6) is 0 Å². The van der Waals surface area contributed by atoms with Crippen molar-refractivity contribution in [2.75, 3.05) is 13.1 Å². The predicted molar refractivity (Wildman–Crippen MR) is 182 cm³/mol. The SMILES string of the molecule is CCCCCCCCCCCCCCCCN1C=CN(CCCCCCCCC)C1CCCCCCCCCC. The van der Waals surface area contributed by atoms with E-state index in [4.69, 9.17) is 0 Å².